The maximum absolute atomic E-state index is 11.2. The monoisotopic (exact) mass is 314 g/mol. The molecule has 6 nitrogen and oxygen atoms in total. The van der Waals surface area contributed by atoms with E-state index in [1.54, 1.807) is 6.92 Å². The standard InChI is InChI=1S/C12H8Cl2N2O4/c1-6-2-8(5-15-12(6)17)20-11-9(13)3-7(16(18)19)4-10(11)14/h2-5H,1H3,(H,15,17). The SMILES string of the molecule is Cc1cc(Oc2c(Cl)cc([N+](=O)[O-])cc2Cl)c[nH]c1=O. The van der Waals surface area contributed by atoms with Crippen molar-refractivity contribution in [3.8, 4) is 11.5 Å². The van der Waals surface area contributed by atoms with E-state index in [4.69, 9.17) is 27.9 Å². The Kier molecular flexibility index (Phi) is 3.96. The number of pyridine rings is 1. The zero-order chi connectivity index (χ0) is 14.9. The van der Waals surface area contributed by atoms with Crippen molar-refractivity contribution in [3.63, 3.8) is 0 Å². The van der Waals surface area contributed by atoms with Crippen LogP contribution in [0.3, 0.4) is 0 Å². The van der Waals surface area contributed by atoms with Crippen LogP contribution in [-0.2, 0) is 0 Å². The van der Waals surface area contributed by atoms with Crippen molar-refractivity contribution in [2.75, 3.05) is 0 Å². The minimum absolute atomic E-state index is 0.00746. The van der Waals surface area contributed by atoms with Crippen LogP contribution in [0.25, 0.3) is 0 Å². The number of nitrogens with zero attached hydrogens (tertiary/aromatic N) is 1. The summed E-state index contributed by atoms with van der Waals surface area (Å²) < 4.78 is 5.45. The molecule has 1 aromatic heterocycles. The highest BCUT2D eigenvalue weighted by atomic mass is 35.5. The molecule has 0 saturated carbocycles. The van der Waals surface area contributed by atoms with E-state index in [0.717, 1.165) is 12.1 Å². The van der Waals surface area contributed by atoms with Crippen LogP contribution in [0.2, 0.25) is 10.0 Å². The van der Waals surface area contributed by atoms with Crippen molar-refractivity contribution in [2.45, 2.75) is 6.92 Å². The van der Waals surface area contributed by atoms with Gasteiger partial charge in [0.25, 0.3) is 11.2 Å². The lowest BCUT2D eigenvalue weighted by Crippen LogP contribution is -2.07. The third-order valence-electron chi connectivity index (χ3n) is 2.48. The van der Waals surface area contributed by atoms with Gasteiger partial charge in [-0.2, -0.15) is 0 Å². The lowest BCUT2D eigenvalue weighted by Gasteiger charge is -2.09. The predicted octanol–water partition coefficient (Wildman–Crippen LogP) is 3.69. The number of nitro benzene ring substituents is 1. The maximum atomic E-state index is 11.2. The second kappa shape index (κ2) is 5.52. The van der Waals surface area contributed by atoms with E-state index in [1.807, 2.05) is 0 Å². The predicted molar refractivity (Wildman–Crippen MR) is 75.0 cm³/mol. The first kappa shape index (κ1) is 14.4. The van der Waals surface area contributed by atoms with E-state index in [0.29, 0.717) is 11.3 Å². The number of nitrogens with one attached hydrogen (secondary N) is 1. The molecular weight excluding hydrogens is 307 g/mol. The molecule has 0 aliphatic heterocycles. The molecule has 104 valence electrons. The molecule has 0 saturated heterocycles. The average molecular weight is 315 g/mol. The number of aromatic nitrogens is 1. The number of aryl methyl sites for hydroxylation is 1. The van der Waals surface area contributed by atoms with Gasteiger partial charge >= 0.3 is 0 Å². The van der Waals surface area contributed by atoms with Gasteiger partial charge < -0.3 is 9.72 Å². The lowest BCUT2D eigenvalue weighted by atomic mass is 10.3. The Morgan fingerprint density at radius 2 is 1.85 bits per heavy atom. The van der Waals surface area contributed by atoms with E-state index in [1.165, 1.54) is 12.3 Å². The van der Waals surface area contributed by atoms with E-state index in [2.05, 4.69) is 4.98 Å². The highest BCUT2D eigenvalue weighted by Gasteiger charge is 2.16. The Balaban J connectivity index is 2.41. The molecule has 0 atom stereocenters. The van der Waals surface area contributed by atoms with Crippen molar-refractivity contribution in [1.29, 1.82) is 0 Å². The first-order valence-electron chi connectivity index (χ1n) is 5.39. The molecule has 0 spiro atoms. The Labute approximate surface area is 123 Å². The van der Waals surface area contributed by atoms with Crippen molar-refractivity contribution < 1.29 is 9.66 Å². The molecule has 0 bridgehead atoms. The largest absolute Gasteiger partial charge is 0.453 e. The van der Waals surface area contributed by atoms with Crippen molar-refractivity contribution in [3.05, 3.63) is 60.5 Å². The normalized spacial score (nSPS) is 10.3. The third kappa shape index (κ3) is 2.92. The summed E-state index contributed by atoms with van der Waals surface area (Å²) in [6.45, 7) is 1.62. The summed E-state index contributed by atoms with van der Waals surface area (Å²) in [5.74, 6) is 0.408. The summed E-state index contributed by atoms with van der Waals surface area (Å²) in [6.07, 6.45) is 1.35. The van der Waals surface area contributed by atoms with Crippen LogP contribution in [0.1, 0.15) is 5.56 Å². The smallest absolute Gasteiger partial charge is 0.272 e. The van der Waals surface area contributed by atoms with Gasteiger partial charge in [0.15, 0.2) is 5.75 Å². The van der Waals surface area contributed by atoms with Crippen molar-refractivity contribution in [2.24, 2.45) is 0 Å². The second-order valence-corrected chi connectivity index (χ2v) is 4.76. The number of hydrogen-bond acceptors (Lipinski definition) is 4. The Morgan fingerprint density at radius 3 is 2.35 bits per heavy atom. The Morgan fingerprint density at radius 1 is 1.25 bits per heavy atom. The number of rotatable bonds is 3. The highest BCUT2D eigenvalue weighted by molar-refractivity contribution is 6.37. The summed E-state index contributed by atoms with van der Waals surface area (Å²) in [6, 6.07) is 3.79. The van der Waals surface area contributed by atoms with Crippen LogP contribution in [-0.4, -0.2) is 9.91 Å². The molecule has 0 aliphatic carbocycles. The number of hydrogen-bond donors (Lipinski definition) is 1. The Hall–Kier alpha value is -2.05. The van der Waals surface area contributed by atoms with Gasteiger partial charge in [0, 0.05) is 23.9 Å². The van der Waals surface area contributed by atoms with Crippen LogP contribution in [0, 0.1) is 17.0 Å². The van der Waals surface area contributed by atoms with E-state index in [-0.39, 0.29) is 27.0 Å². The third-order valence-corrected chi connectivity index (χ3v) is 3.04. The zero-order valence-corrected chi connectivity index (χ0v) is 11.7. The number of nitro groups is 1. The molecule has 0 fully saturated rings. The molecule has 8 heteroatoms. The molecular formula is C12H8Cl2N2O4. The number of aromatic amines is 1. The maximum Gasteiger partial charge on any atom is 0.272 e. The minimum atomic E-state index is -0.605. The summed E-state index contributed by atoms with van der Waals surface area (Å²) in [4.78, 5) is 23.8. The van der Waals surface area contributed by atoms with Gasteiger partial charge in [-0.1, -0.05) is 23.2 Å². The van der Waals surface area contributed by atoms with Gasteiger partial charge in [-0.05, 0) is 13.0 Å². The lowest BCUT2D eigenvalue weighted by molar-refractivity contribution is -0.384. The summed E-state index contributed by atoms with van der Waals surface area (Å²) in [7, 11) is 0. The molecule has 2 aromatic rings. The van der Waals surface area contributed by atoms with Gasteiger partial charge in [-0.15, -0.1) is 0 Å². The molecule has 2 rings (SSSR count). The Bertz CT molecular complexity index is 719. The fourth-order valence-corrected chi connectivity index (χ4v) is 2.05. The van der Waals surface area contributed by atoms with Crippen molar-refractivity contribution >= 4 is 28.9 Å². The quantitative estimate of drug-likeness (QED) is 0.691. The molecule has 1 heterocycles. The molecule has 20 heavy (non-hydrogen) atoms. The molecule has 1 N–H and O–H groups in total. The fourth-order valence-electron chi connectivity index (χ4n) is 1.50. The second-order valence-electron chi connectivity index (χ2n) is 3.95. The molecule has 0 radical (unpaired) electrons. The zero-order valence-electron chi connectivity index (χ0n) is 10.1. The van der Waals surface area contributed by atoms with Gasteiger partial charge in [-0.25, -0.2) is 0 Å². The van der Waals surface area contributed by atoms with Crippen LogP contribution >= 0.6 is 23.2 Å². The first-order valence-corrected chi connectivity index (χ1v) is 6.14. The van der Waals surface area contributed by atoms with Crippen LogP contribution in [0.5, 0.6) is 11.5 Å². The summed E-state index contributed by atoms with van der Waals surface area (Å²) in [5, 5.41) is 10.7. The van der Waals surface area contributed by atoms with Gasteiger partial charge in [0.1, 0.15) is 5.75 Å². The van der Waals surface area contributed by atoms with Crippen LogP contribution < -0.4 is 10.3 Å². The number of benzene rings is 1. The van der Waals surface area contributed by atoms with E-state index < -0.39 is 4.92 Å². The minimum Gasteiger partial charge on any atom is -0.453 e. The first-order chi connectivity index (χ1) is 9.38. The highest BCUT2D eigenvalue weighted by Crippen LogP contribution is 2.39. The molecule has 1 aromatic carbocycles. The van der Waals surface area contributed by atoms with E-state index in [9.17, 15) is 14.9 Å². The van der Waals surface area contributed by atoms with Gasteiger partial charge in [-0.3, -0.25) is 14.9 Å². The number of H-pyrrole nitrogens is 1. The molecule has 0 amide bonds. The number of halogens is 2. The molecule has 0 aliphatic rings. The topological polar surface area (TPSA) is 85.2 Å². The van der Waals surface area contributed by atoms with Gasteiger partial charge in [0.2, 0.25) is 0 Å². The van der Waals surface area contributed by atoms with Gasteiger partial charge in [0.05, 0.1) is 15.0 Å². The summed E-state index contributed by atoms with van der Waals surface area (Å²) in [5.41, 5.74) is -0.0140. The van der Waals surface area contributed by atoms with Crippen molar-refractivity contribution in [1.82, 2.24) is 4.98 Å². The average Bonchev–Trinajstić information content (AvgIpc) is 2.37. The number of ether oxygens (including phenoxy) is 1. The summed E-state index contributed by atoms with van der Waals surface area (Å²) >= 11 is 11.8. The fraction of sp³-hybridized carbons (Fsp3) is 0.0833. The van der Waals surface area contributed by atoms with Crippen LogP contribution in [0.15, 0.2) is 29.2 Å². The van der Waals surface area contributed by atoms with Crippen LogP contribution in [0.4, 0.5) is 5.69 Å². The molecule has 0 unspecified atom stereocenters. The van der Waals surface area contributed by atoms with E-state index >= 15 is 0 Å². The number of non-ortho nitro benzene ring substituents is 1.